The zero-order valence-electron chi connectivity index (χ0n) is 20.0. The highest BCUT2D eigenvalue weighted by Crippen LogP contribution is 2.33. The minimum Gasteiger partial charge on any atom is -0.378 e. The Morgan fingerprint density at radius 1 is 1.00 bits per heavy atom. The van der Waals surface area contributed by atoms with Crippen LogP contribution in [0.1, 0.15) is 17.0 Å². The molecule has 0 N–H and O–H groups in total. The topological polar surface area (TPSA) is 41.0 Å². The third-order valence-corrected chi connectivity index (χ3v) is 7.67. The van der Waals surface area contributed by atoms with Crippen molar-refractivity contribution in [3.05, 3.63) is 81.7 Å². The van der Waals surface area contributed by atoms with Crippen molar-refractivity contribution < 1.29 is 9.53 Å². The molecule has 6 nitrogen and oxygen atoms in total. The van der Waals surface area contributed by atoms with Crippen LogP contribution in [0.2, 0.25) is 0 Å². The Labute approximate surface area is 219 Å². The molecule has 0 atom stereocenters. The molecule has 0 saturated carbocycles. The number of nitrogens with zero attached hydrogens (tertiary/aromatic N) is 4. The van der Waals surface area contributed by atoms with Gasteiger partial charge in [0.15, 0.2) is 5.11 Å². The van der Waals surface area contributed by atoms with Gasteiger partial charge in [0.25, 0.3) is 5.91 Å². The molecule has 5 rings (SSSR count). The molecule has 1 aromatic heterocycles. The average Bonchev–Trinajstić information content (AvgIpc) is 3.26. The smallest absolute Gasteiger partial charge is 0.281 e. The van der Waals surface area contributed by atoms with Crippen LogP contribution in [0.25, 0.3) is 11.8 Å². The van der Waals surface area contributed by atoms with Gasteiger partial charge in [0, 0.05) is 41.7 Å². The van der Waals surface area contributed by atoms with Gasteiger partial charge in [0.1, 0.15) is 5.70 Å². The van der Waals surface area contributed by atoms with E-state index in [0.717, 1.165) is 59.1 Å². The van der Waals surface area contributed by atoms with E-state index in [4.69, 9.17) is 17.0 Å². The maximum absolute atomic E-state index is 13.3. The molecule has 35 heavy (non-hydrogen) atoms. The highest BCUT2D eigenvalue weighted by atomic mass is 79.9. The summed E-state index contributed by atoms with van der Waals surface area (Å²) in [5.74, 6) is -0.119. The van der Waals surface area contributed by atoms with E-state index in [1.54, 1.807) is 9.80 Å². The number of amides is 1. The summed E-state index contributed by atoms with van der Waals surface area (Å²) in [6.07, 6.45) is 1.94. The molecule has 2 saturated heterocycles. The van der Waals surface area contributed by atoms with Crippen LogP contribution in [-0.4, -0.2) is 53.8 Å². The fourth-order valence-corrected chi connectivity index (χ4v) is 5.64. The molecule has 2 aliphatic heterocycles. The Balaban J connectivity index is 1.48. The third kappa shape index (κ3) is 4.30. The van der Waals surface area contributed by atoms with E-state index < -0.39 is 0 Å². The van der Waals surface area contributed by atoms with Crippen molar-refractivity contribution in [2.24, 2.45) is 0 Å². The van der Waals surface area contributed by atoms with Crippen LogP contribution in [0.15, 0.2) is 64.8 Å². The maximum atomic E-state index is 13.3. The molecule has 0 bridgehead atoms. The minimum atomic E-state index is -0.119. The van der Waals surface area contributed by atoms with Gasteiger partial charge in [-0.25, -0.2) is 0 Å². The summed E-state index contributed by atoms with van der Waals surface area (Å²) in [5.41, 5.74) is 6.72. The predicted molar refractivity (Wildman–Crippen MR) is 148 cm³/mol. The summed E-state index contributed by atoms with van der Waals surface area (Å²) in [7, 11) is 1.84. The SMILES string of the molecule is Cc1cc(/C=C2/C(=O)N(c3ccccc3)C(=S)N2C)c(C)n1-c1ccc(N2CCOCC2)c(Br)c1. The molecule has 2 aromatic carbocycles. The number of carbonyl (C=O) groups is 1. The Morgan fingerprint density at radius 3 is 2.40 bits per heavy atom. The zero-order valence-corrected chi connectivity index (χ0v) is 22.4. The molecule has 0 aliphatic carbocycles. The number of aryl methyl sites for hydroxylation is 1. The highest BCUT2D eigenvalue weighted by molar-refractivity contribution is 9.10. The number of halogens is 1. The van der Waals surface area contributed by atoms with E-state index in [2.05, 4.69) is 63.5 Å². The number of hydrogen-bond donors (Lipinski definition) is 0. The minimum absolute atomic E-state index is 0.119. The number of rotatable bonds is 4. The maximum Gasteiger partial charge on any atom is 0.281 e. The fraction of sp³-hybridized carbons (Fsp3) is 0.259. The van der Waals surface area contributed by atoms with Gasteiger partial charge in [-0.05, 0) is 90.0 Å². The summed E-state index contributed by atoms with van der Waals surface area (Å²) in [6.45, 7) is 7.44. The molecule has 1 amide bonds. The van der Waals surface area contributed by atoms with Crippen molar-refractivity contribution >= 4 is 56.6 Å². The van der Waals surface area contributed by atoms with Crippen LogP contribution >= 0.6 is 28.1 Å². The van der Waals surface area contributed by atoms with Crippen LogP contribution in [-0.2, 0) is 9.53 Å². The first-order valence-electron chi connectivity index (χ1n) is 11.6. The zero-order chi connectivity index (χ0) is 24.7. The molecule has 3 heterocycles. The van der Waals surface area contributed by atoms with Crippen LogP contribution < -0.4 is 9.80 Å². The van der Waals surface area contributed by atoms with E-state index in [0.29, 0.717) is 10.8 Å². The Kier molecular flexibility index (Phi) is 6.53. The number of para-hydroxylation sites is 1. The molecule has 0 unspecified atom stereocenters. The van der Waals surface area contributed by atoms with Gasteiger partial charge in [-0.1, -0.05) is 18.2 Å². The number of carbonyl (C=O) groups excluding carboxylic acids is 1. The fourth-order valence-electron chi connectivity index (χ4n) is 4.74. The van der Waals surface area contributed by atoms with Crippen LogP contribution in [0, 0.1) is 13.8 Å². The molecule has 2 aliphatic rings. The van der Waals surface area contributed by atoms with Crippen LogP contribution in [0.3, 0.4) is 0 Å². The number of anilines is 2. The lowest BCUT2D eigenvalue weighted by atomic mass is 10.2. The van der Waals surface area contributed by atoms with Crippen molar-refractivity contribution in [3.8, 4) is 5.69 Å². The normalized spacial score (nSPS) is 17.7. The van der Waals surface area contributed by atoms with Crippen LogP contribution in [0.4, 0.5) is 11.4 Å². The number of hydrogen-bond acceptors (Lipinski definition) is 4. The number of benzene rings is 2. The van der Waals surface area contributed by atoms with Crippen molar-refractivity contribution in [2.75, 3.05) is 43.2 Å². The summed E-state index contributed by atoms with van der Waals surface area (Å²) < 4.78 is 8.76. The molecular formula is C27H27BrN4O2S. The summed E-state index contributed by atoms with van der Waals surface area (Å²) >= 11 is 9.38. The van der Waals surface area contributed by atoms with Crippen molar-refractivity contribution in [3.63, 3.8) is 0 Å². The summed E-state index contributed by atoms with van der Waals surface area (Å²) in [6, 6.07) is 18.1. The third-order valence-electron chi connectivity index (χ3n) is 6.58. The lowest BCUT2D eigenvalue weighted by molar-refractivity contribution is -0.114. The number of likely N-dealkylation sites (N-methyl/N-ethyl adjacent to an activating group) is 1. The molecule has 0 radical (unpaired) electrons. The Morgan fingerprint density at radius 2 is 1.71 bits per heavy atom. The van der Waals surface area contributed by atoms with Crippen molar-refractivity contribution in [2.45, 2.75) is 13.8 Å². The molecule has 180 valence electrons. The monoisotopic (exact) mass is 550 g/mol. The van der Waals surface area contributed by atoms with Gasteiger partial charge in [0.2, 0.25) is 0 Å². The van der Waals surface area contributed by atoms with E-state index in [1.807, 2.05) is 43.5 Å². The van der Waals surface area contributed by atoms with Crippen LogP contribution in [0.5, 0.6) is 0 Å². The number of ether oxygens (including phenoxy) is 1. The van der Waals surface area contributed by atoms with Gasteiger partial charge in [0.05, 0.1) is 24.6 Å². The van der Waals surface area contributed by atoms with E-state index >= 15 is 0 Å². The average molecular weight is 552 g/mol. The largest absolute Gasteiger partial charge is 0.378 e. The number of aromatic nitrogens is 1. The lowest BCUT2D eigenvalue weighted by Crippen LogP contribution is -2.36. The predicted octanol–water partition coefficient (Wildman–Crippen LogP) is 5.30. The van der Waals surface area contributed by atoms with Gasteiger partial charge in [-0.3, -0.25) is 9.69 Å². The lowest BCUT2D eigenvalue weighted by Gasteiger charge is -2.30. The van der Waals surface area contributed by atoms with Crippen molar-refractivity contribution in [1.82, 2.24) is 9.47 Å². The van der Waals surface area contributed by atoms with Gasteiger partial charge in [-0.2, -0.15) is 0 Å². The Hall–Kier alpha value is -2.94. The molecule has 2 fully saturated rings. The first kappa shape index (κ1) is 23.8. The van der Waals surface area contributed by atoms with E-state index in [-0.39, 0.29) is 5.91 Å². The first-order valence-corrected chi connectivity index (χ1v) is 12.8. The summed E-state index contributed by atoms with van der Waals surface area (Å²) in [5, 5.41) is 0.476. The van der Waals surface area contributed by atoms with Gasteiger partial charge < -0.3 is 19.1 Å². The highest BCUT2D eigenvalue weighted by Gasteiger charge is 2.37. The first-order chi connectivity index (χ1) is 16.9. The Bertz CT molecular complexity index is 1330. The molecule has 0 spiro atoms. The van der Waals surface area contributed by atoms with E-state index in [1.165, 1.54) is 5.69 Å². The van der Waals surface area contributed by atoms with Gasteiger partial charge >= 0.3 is 0 Å². The molecular weight excluding hydrogens is 524 g/mol. The number of thiocarbonyl (C=S) groups is 1. The quantitative estimate of drug-likeness (QED) is 0.325. The van der Waals surface area contributed by atoms with Gasteiger partial charge in [-0.15, -0.1) is 0 Å². The second kappa shape index (κ2) is 9.60. The molecule has 3 aromatic rings. The second-order valence-electron chi connectivity index (χ2n) is 8.74. The summed E-state index contributed by atoms with van der Waals surface area (Å²) in [4.78, 5) is 19.0. The van der Waals surface area contributed by atoms with Crippen molar-refractivity contribution in [1.29, 1.82) is 0 Å². The van der Waals surface area contributed by atoms with E-state index in [9.17, 15) is 4.79 Å². The number of morpholine rings is 1. The standard InChI is InChI=1S/C27H27BrN4O2S/c1-18-15-20(16-25-26(33)32(27(35)29(25)3)21-7-5-4-6-8-21)19(2)31(18)22-9-10-24(23(28)17-22)30-11-13-34-14-12-30/h4-10,15-17H,11-14H2,1-3H3/b25-16-. The molecule has 8 heteroatoms. The second-order valence-corrected chi connectivity index (χ2v) is 9.96.